The molecule has 1 aromatic carbocycles. The lowest BCUT2D eigenvalue weighted by molar-refractivity contribution is 0.0821. The van der Waals surface area contributed by atoms with Gasteiger partial charge >= 0.3 is 0 Å². The molecule has 1 spiro atoms. The van der Waals surface area contributed by atoms with E-state index in [2.05, 4.69) is 24.1 Å². The van der Waals surface area contributed by atoms with E-state index in [-0.39, 0.29) is 11.5 Å². The number of hydrogen-bond acceptors (Lipinski definition) is 4. The maximum absolute atomic E-state index is 9.97. The van der Waals surface area contributed by atoms with Gasteiger partial charge in [-0.3, -0.25) is 0 Å². The number of nitrogens with zero attached hydrogens (tertiary/aromatic N) is 1. The van der Waals surface area contributed by atoms with Crippen LogP contribution in [0.2, 0.25) is 0 Å². The van der Waals surface area contributed by atoms with Crippen LogP contribution in [0.3, 0.4) is 0 Å². The number of hydrogen-bond donors (Lipinski definition) is 1. The maximum atomic E-state index is 9.97. The van der Waals surface area contributed by atoms with Gasteiger partial charge in [0.25, 0.3) is 0 Å². The van der Waals surface area contributed by atoms with E-state index in [9.17, 15) is 5.11 Å². The molecule has 1 N–H and O–H groups in total. The summed E-state index contributed by atoms with van der Waals surface area (Å²) in [6.07, 6.45) is 5.38. The highest BCUT2D eigenvalue weighted by Gasteiger charge is 2.52. The third-order valence-electron chi connectivity index (χ3n) is 5.15. The number of rotatable bonds is 1. The van der Waals surface area contributed by atoms with E-state index < -0.39 is 6.10 Å². The Morgan fingerprint density at radius 1 is 1.43 bits per heavy atom. The Morgan fingerprint density at radius 2 is 2.29 bits per heavy atom. The van der Waals surface area contributed by atoms with Crippen molar-refractivity contribution in [3.8, 4) is 11.5 Å². The Bertz CT molecular complexity index is 612. The fraction of sp³-hybridized carbons (Fsp3) is 0.529. The zero-order chi connectivity index (χ0) is 14.6. The highest BCUT2D eigenvalue weighted by atomic mass is 16.5. The standard InChI is InChI=1S/C17H21NO3/c1-18-8-7-17-6-5-12(19)9-14(17)21-16-13(20-2)4-3-11(10-18)15(16)17/h3-6,12,14,19H,7-10H2,1-2H3/t12-,14-,17+/m1/s1. The highest BCUT2D eigenvalue weighted by molar-refractivity contribution is 5.60. The summed E-state index contributed by atoms with van der Waals surface area (Å²) >= 11 is 0. The van der Waals surface area contributed by atoms with Gasteiger partial charge in [0.1, 0.15) is 6.10 Å². The van der Waals surface area contributed by atoms with Crippen LogP contribution in [0.15, 0.2) is 24.3 Å². The lowest BCUT2D eigenvalue weighted by Gasteiger charge is -2.35. The van der Waals surface area contributed by atoms with Crippen molar-refractivity contribution in [1.29, 1.82) is 0 Å². The minimum Gasteiger partial charge on any atom is -0.493 e. The Hall–Kier alpha value is -1.52. The van der Waals surface area contributed by atoms with Crippen molar-refractivity contribution in [3.05, 3.63) is 35.4 Å². The fourth-order valence-corrected chi connectivity index (χ4v) is 4.08. The second kappa shape index (κ2) is 4.49. The van der Waals surface area contributed by atoms with Crippen LogP contribution in [0.1, 0.15) is 24.0 Å². The molecule has 1 aliphatic carbocycles. The van der Waals surface area contributed by atoms with Gasteiger partial charge in [-0.05, 0) is 31.6 Å². The largest absolute Gasteiger partial charge is 0.493 e. The van der Waals surface area contributed by atoms with E-state index in [1.807, 2.05) is 12.1 Å². The van der Waals surface area contributed by atoms with E-state index in [0.29, 0.717) is 6.42 Å². The molecule has 0 saturated carbocycles. The van der Waals surface area contributed by atoms with Crippen LogP contribution in [-0.2, 0) is 12.0 Å². The molecule has 0 amide bonds. The van der Waals surface area contributed by atoms with Gasteiger partial charge in [-0.2, -0.15) is 0 Å². The summed E-state index contributed by atoms with van der Waals surface area (Å²) < 4.78 is 11.8. The second-order valence-electron chi connectivity index (χ2n) is 6.43. The van der Waals surface area contributed by atoms with Crippen molar-refractivity contribution in [1.82, 2.24) is 4.90 Å². The first-order valence-corrected chi connectivity index (χ1v) is 7.57. The normalized spacial score (nSPS) is 33.9. The molecule has 4 rings (SSSR count). The number of methoxy groups -OCH3 is 1. The van der Waals surface area contributed by atoms with Gasteiger partial charge < -0.3 is 19.5 Å². The van der Waals surface area contributed by atoms with E-state index in [1.54, 1.807) is 7.11 Å². The number of aliphatic hydroxyl groups is 1. The highest BCUT2D eigenvalue weighted by Crippen LogP contribution is 2.55. The molecule has 0 fully saturated rings. The van der Waals surface area contributed by atoms with Crippen LogP contribution < -0.4 is 9.47 Å². The van der Waals surface area contributed by atoms with Gasteiger partial charge in [-0.15, -0.1) is 0 Å². The van der Waals surface area contributed by atoms with E-state index in [1.165, 1.54) is 11.1 Å². The lowest BCUT2D eigenvalue weighted by atomic mass is 9.69. The number of benzene rings is 1. The summed E-state index contributed by atoms with van der Waals surface area (Å²) in [5.74, 6) is 1.68. The monoisotopic (exact) mass is 287 g/mol. The van der Waals surface area contributed by atoms with Gasteiger partial charge in [0.05, 0.1) is 18.6 Å². The molecule has 3 aliphatic rings. The first-order valence-electron chi connectivity index (χ1n) is 7.57. The fourth-order valence-electron chi connectivity index (χ4n) is 4.08. The van der Waals surface area contributed by atoms with Gasteiger partial charge in [0.15, 0.2) is 11.5 Å². The zero-order valence-electron chi connectivity index (χ0n) is 12.5. The van der Waals surface area contributed by atoms with Gasteiger partial charge in [-0.25, -0.2) is 0 Å². The van der Waals surface area contributed by atoms with E-state index in [0.717, 1.165) is 31.0 Å². The molecule has 0 radical (unpaired) electrons. The van der Waals surface area contributed by atoms with E-state index >= 15 is 0 Å². The van der Waals surface area contributed by atoms with Crippen molar-refractivity contribution < 1.29 is 14.6 Å². The van der Waals surface area contributed by atoms with E-state index in [4.69, 9.17) is 9.47 Å². The first kappa shape index (κ1) is 13.2. The molecular weight excluding hydrogens is 266 g/mol. The molecule has 0 bridgehead atoms. The summed E-state index contributed by atoms with van der Waals surface area (Å²) in [6, 6.07) is 4.16. The van der Waals surface area contributed by atoms with Crippen LogP contribution in [0.4, 0.5) is 0 Å². The molecule has 0 unspecified atom stereocenters. The van der Waals surface area contributed by atoms with Crippen molar-refractivity contribution in [2.45, 2.75) is 37.0 Å². The predicted molar refractivity (Wildman–Crippen MR) is 79.8 cm³/mol. The summed E-state index contributed by atoms with van der Waals surface area (Å²) in [5.41, 5.74) is 2.48. The summed E-state index contributed by atoms with van der Waals surface area (Å²) in [7, 11) is 3.84. The number of ether oxygens (including phenoxy) is 2. The summed E-state index contributed by atoms with van der Waals surface area (Å²) in [6.45, 7) is 1.96. The zero-order valence-corrected chi connectivity index (χ0v) is 12.5. The average molecular weight is 287 g/mol. The van der Waals surface area contributed by atoms with Crippen molar-refractivity contribution in [2.24, 2.45) is 0 Å². The second-order valence-corrected chi connectivity index (χ2v) is 6.43. The summed E-state index contributed by atoms with van der Waals surface area (Å²) in [5, 5.41) is 9.97. The minimum atomic E-state index is -0.412. The van der Waals surface area contributed by atoms with Crippen LogP contribution in [0.25, 0.3) is 0 Å². The van der Waals surface area contributed by atoms with Gasteiger partial charge in [0, 0.05) is 18.5 Å². The van der Waals surface area contributed by atoms with Crippen molar-refractivity contribution >= 4 is 0 Å². The lowest BCUT2D eigenvalue weighted by Crippen LogP contribution is -2.42. The molecule has 4 nitrogen and oxygen atoms in total. The topological polar surface area (TPSA) is 41.9 Å². The molecule has 4 heteroatoms. The third kappa shape index (κ3) is 1.75. The Labute approximate surface area is 125 Å². The maximum Gasteiger partial charge on any atom is 0.166 e. The minimum absolute atomic E-state index is 0.00838. The van der Waals surface area contributed by atoms with Crippen molar-refractivity contribution in [2.75, 3.05) is 20.7 Å². The quantitative estimate of drug-likeness (QED) is 0.801. The molecule has 3 atom stereocenters. The Morgan fingerprint density at radius 3 is 3.10 bits per heavy atom. The molecule has 1 aromatic rings. The van der Waals surface area contributed by atoms with Crippen LogP contribution in [0, 0.1) is 0 Å². The molecule has 0 aromatic heterocycles. The summed E-state index contributed by atoms with van der Waals surface area (Å²) in [4.78, 5) is 2.35. The average Bonchev–Trinajstić information content (AvgIpc) is 2.72. The first-order chi connectivity index (χ1) is 10.1. The SMILES string of the molecule is COc1ccc2c3c1O[C@@H]1C[C@H](O)C=C[C@@]31CCN(C)C2. The third-order valence-corrected chi connectivity index (χ3v) is 5.15. The molecule has 112 valence electrons. The smallest absolute Gasteiger partial charge is 0.166 e. The molecule has 0 saturated heterocycles. The number of aliphatic hydroxyl groups excluding tert-OH is 1. The predicted octanol–water partition coefficient (Wildman–Crippen LogP) is 1.85. The van der Waals surface area contributed by atoms with Gasteiger partial charge in [-0.1, -0.05) is 18.2 Å². The van der Waals surface area contributed by atoms with Crippen LogP contribution in [0.5, 0.6) is 11.5 Å². The molecule has 2 aliphatic heterocycles. The van der Waals surface area contributed by atoms with Gasteiger partial charge in [0.2, 0.25) is 0 Å². The Kier molecular flexibility index (Phi) is 2.81. The molecule has 2 heterocycles. The molecule has 21 heavy (non-hydrogen) atoms. The molecular formula is C17H21NO3. The van der Waals surface area contributed by atoms with Crippen LogP contribution >= 0.6 is 0 Å². The Balaban J connectivity index is 1.95. The van der Waals surface area contributed by atoms with Crippen LogP contribution in [-0.4, -0.2) is 42.9 Å². The van der Waals surface area contributed by atoms with Crippen molar-refractivity contribution in [3.63, 3.8) is 0 Å².